The zero-order valence-corrected chi connectivity index (χ0v) is 8.83. The summed E-state index contributed by atoms with van der Waals surface area (Å²) in [6, 6.07) is 5.05. The second-order valence-corrected chi connectivity index (χ2v) is 3.26. The fraction of sp³-hybridized carbons (Fsp3) is 0.111. The van der Waals surface area contributed by atoms with Gasteiger partial charge < -0.3 is 21.5 Å². The second-order valence-electron chi connectivity index (χ2n) is 3.26. The summed E-state index contributed by atoms with van der Waals surface area (Å²) in [6.07, 6.45) is 1.47. The standard InChI is InChI=1S/C9H13BN4O2/c1-6-4-7(5-13-14-9(11)12)2-3-8(6)10(15)16/h2-5,15-16H,1H3,(H4,11,12,14). The molecule has 0 heterocycles. The van der Waals surface area contributed by atoms with Crippen LogP contribution in [0.3, 0.4) is 0 Å². The lowest BCUT2D eigenvalue weighted by Gasteiger charge is -2.04. The van der Waals surface area contributed by atoms with Crippen LogP contribution >= 0.6 is 0 Å². The predicted molar refractivity (Wildman–Crippen MR) is 64.4 cm³/mol. The molecule has 1 aromatic carbocycles. The lowest BCUT2D eigenvalue weighted by atomic mass is 9.77. The maximum absolute atomic E-state index is 9.01. The Morgan fingerprint density at radius 1 is 1.38 bits per heavy atom. The van der Waals surface area contributed by atoms with Crippen LogP contribution in [-0.2, 0) is 0 Å². The van der Waals surface area contributed by atoms with Crippen molar-refractivity contribution in [1.29, 1.82) is 0 Å². The highest BCUT2D eigenvalue weighted by Crippen LogP contribution is 2.00. The number of hydrogen-bond acceptors (Lipinski definition) is 4. The van der Waals surface area contributed by atoms with E-state index >= 15 is 0 Å². The Morgan fingerprint density at radius 2 is 2.06 bits per heavy atom. The highest BCUT2D eigenvalue weighted by molar-refractivity contribution is 6.59. The van der Waals surface area contributed by atoms with E-state index in [2.05, 4.69) is 10.2 Å². The van der Waals surface area contributed by atoms with Gasteiger partial charge >= 0.3 is 7.12 Å². The summed E-state index contributed by atoms with van der Waals surface area (Å²) in [5.74, 6) is -0.115. The number of nitrogens with zero attached hydrogens (tertiary/aromatic N) is 2. The van der Waals surface area contributed by atoms with Crippen molar-refractivity contribution in [2.75, 3.05) is 0 Å². The molecule has 0 fully saturated rings. The van der Waals surface area contributed by atoms with Crippen molar-refractivity contribution in [2.45, 2.75) is 6.92 Å². The molecule has 6 N–H and O–H groups in total. The van der Waals surface area contributed by atoms with Gasteiger partial charge in [0, 0.05) is 0 Å². The molecule has 0 saturated carbocycles. The normalized spacial score (nSPS) is 10.4. The first-order chi connectivity index (χ1) is 7.50. The molecule has 1 aromatic rings. The number of aryl methyl sites for hydroxylation is 1. The van der Waals surface area contributed by atoms with E-state index in [0.717, 1.165) is 11.1 Å². The molecule has 0 radical (unpaired) electrons. The van der Waals surface area contributed by atoms with Crippen molar-refractivity contribution in [2.24, 2.45) is 21.7 Å². The minimum Gasteiger partial charge on any atom is -0.423 e. The molecule has 0 unspecified atom stereocenters. The minimum atomic E-state index is -1.47. The summed E-state index contributed by atoms with van der Waals surface area (Å²) in [7, 11) is -1.47. The maximum Gasteiger partial charge on any atom is 0.488 e. The highest BCUT2D eigenvalue weighted by Gasteiger charge is 2.13. The van der Waals surface area contributed by atoms with E-state index in [1.165, 1.54) is 6.21 Å². The lowest BCUT2D eigenvalue weighted by Crippen LogP contribution is -2.32. The number of hydrogen-bond donors (Lipinski definition) is 4. The molecule has 0 saturated heterocycles. The van der Waals surface area contributed by atoms with E-state index in [0.29, 0.717) is 5.46 Å². The van der Waals surface area contributed by atoms with Crippen molar-refractivity contribution >= 4 is 24.8 Å². The molecule has 1 rings (SSSR count). The first-order valence-corrected chi connectivity index (χ1v) is 4.59. The number of rotatable bonds is 3. The maximum atomic E-state index is 9.01. The van der Waals surface area contributed by atoms with Crippen LogP contribution < -0.4 is 16.9 Å². The van der Waals surface area contributed by atoms with Crippen LogP contribution in [0.1, 0.15) is 11.1 Å². The zero-order valence-electron chi connectivity index (χ0n) is 8.83. The van der Waals surface area contributed by atoms with E-state index in [4.69, 9.17) is 21.5 Å². The molecule has 0 aromatic heterocycles. The van der Waals surface area contributed by atoms with Gasteiger partial charge in [0.25, 0.3) is 0 Å². The molecule has 0 spiro atoms. The average molecular weight is 220 g/mol. The molecule has 7 heteroatoms. The second kappa shape index (κ2) is 5.29. The van der Waals surface area contributed by atoms with Gasteiger partial charge in [0.05, 0.1) is 6.21 Å². The third-order valence-electron chi connectivity index (χ3n) is 1.95. The van der Waals surface area contributed by atoms with Gasteiger partial charge in [-0.25, -0.2) is 0 Å². The van der Waals surface area contributed by atoms with Gasteiger partial charge in [-0.1, -0.05) is 23.8 Å². The zero-order chi connectivity index (χ0) is 12.1. The summed E-state index contributed by atoms with van der Waals surface area (Å²) < 4.78 is 0. The van der Waals surface area contributed by atoms with Crippen molar-refractivity contribution in [3.63, 3.8) is 0 Å². The van der Waals surface area contributed by atoms with E-state index in [1.54, 1.807) is 25.1 Å². The van der Waals surface area contributed by atoms with Gasteiger partial charge in [0.2, 0.25) is 5.96 Å². The summed E-state index contributed by atoms with van der Waals surface area (Å²) in [4.78, 5) is 0. The molecule has 84 valence electrons. The van der Waals surface area contributed by atoms with Gasteiger partial charge in [0.15, 0.2) is 0 Å². The highest BCUT2D eigenvalue weighted by atomic mass is 16.4. The fourth-order valence-corrected chi connectivity index (χ4v) is 1.23. The summed E-state index contributed by atoms with van der Waals surface area (Å²) in [5, 5.41) is 25.1. The Kier molecular flexibility index (Phi) is 4.04. The van der Waals surface area contributed by atoms with Crippen LogP contribution in [0.25, 0.3) is 0 Å². The van der Waals surface area contributed by atoms with Gasteiger partial charge in [-0.15, -0.1) is 5.10 Å². The largest absolute Gasteiger partial charge is 0.488 e. The average Bonchev–Trinajstić information content (AvgIpc) is 2.16. The number of benzene rings is 1. The monoisotopic (exact) mass is 220 g/mol. The van der Waals surface area contributed by atoms with Gasteiger partial charge in [-0.05, 0) is 17.9 Å². The van der Waals surface area contributed by atoms with Crippen LogP contribution in [0, 0.1) is 6.92 Å². The van der Waals surface area contributed by atoms with Crippen LogP contribution in [0.15, 0.2) is 28.4 Å². The van der Waals surface area contributed by atoms with Crippen molar-refractivity contribution in [3.8, 4) is 0 Å². The minimum absolute atomic E-state index is 0.115. The van der Waals surface area contributed by atoms with Gasteiger partial charge in [-0.2, -0.15) is 5.10 Å². The Morgan fingerprint density at radius 3 is 2.56 bits per heavy atom. The first-order valence-electron chi connectivity index (χ1n) is 4.59. The SMILES string of the molecule is Cc1cc(C=NN=C(N)N)ccc1B(O)O. The van der Waals surface area contributed by atoms with E-state index < -0.39 is 7.12 Å². The van der Waals surface area contributed by atoms with Crippen LogP contribution in [0.4, 0.5) is 0 Å². The fourth-order valence-electron chi connectivity index (χ4n) is 1.23. The third kappa shape index (κ3) is 3.37. The van der Waals surface area contributed by atoms with E-state index in [1.807, 2.05) is 0 Å². The number of guanidine groups is 1. The van der Waals surface area contributed by atoms with Crippen molar-refractivity contribution in [1.82, 2.24) is 0 Å². The summed E-state index contributed by atoms with van der Waals surface area (Å²) >= 11 is 0. The molecular weight excluding hydrogens is 207 g/mol. The summed E-state index contributed by atoms with van der Waals surface area (Å²) in [6.45, 7) is 1.77. The molecule has 0 amide bonds. The Bertz CT molecular complexity index is 428. The number of nitrogens with two attached hydrogens (primary N) is 2. The van der Waals surface area contributed by atoms with Gasteiger partial charge in [0.1, 0.15) is 0 Å². The smallest absolute Gasteiger partial charge is 0.423 e. The summed E-state index contributed by atoms with van der Waals surface area (Å²) in [5.41, 5.74) is 12.2. The lowest BCUT2D eigenvalue weighted by molar-refractivity contribution is 0.425. The topological polar surface area (TPSA) is 117 Å². The van der Waals surface area contributed by atoms with Crippen molar-refractivity contribution < 1.29 is 10.0 Å². The third-order valence-corrected chi connectivity index (χ3v) is 1.95. The van der Waals surface area contributed by atoms with Crippen LogP contribution in [0.5, 0.6) is 0 Å². The molecule has 0 aliphatic carbocycles. The van der Waals surface area contributed by atoms with Crippen LogP contribution in [-0.4, -0.2) is 29.3 Å². The van der Waals surface area contributed by atoms with Crippen LogP contribution in [0.2, 0.25) is 0 Å². The molecule has 0 atom stereocenters. The molecular formula is C9H13BN4O2. The van der Waals surface area contributed by atoms with Gasteiger partial charge in [-0.3, -0.25) is 0 Å². The Hall–Kier alpha value is -1.86. The Labute approximate surface area is 93.4 Å². The molecule has 0 aliphatic rings. The van der Waals surface area contributed by atoms with E-state index in [-0.39, 0.29) is 5.96 Å². The molecule has 0 bridgehead atoms. The quantitative estimate of drug-likeness (QED) is 0.210. The molecule has 16 heavy (non-hydrogen) atoms. The van der Waals surface area contributed by atoms with Crippen molar-refractivity contribution in [3.05, 3.63) is 29.3 Å². The van der Waals surface area contributed by atoms with E-state index in [9.17, 15) is 0 Å². The first kappa shape index (κ1) is 12.2. The Balaban J connectivity index is 2.89. The molecule has 0 aliphatic heterocycles. The predicted octanol–water partition coefficient (Wildman–Crippen LogP) is -1.72. The molecule has 6 nitrogen and oxygen atoms in total.